The van der Waals surface area contributed by atoms with E-state index in [0.29, 0.717) is 11.3 Å². The molecule has 7 nitrogen and oxygen atoms in total. The van der Waals surface area contributed by atoms with Crippen molar-refractivity contribution < 1.29 is 19.4 Å². The lowest BCUT2D eigenvalue weighted by Gasteiger charge is -2.17. The molecule has 0 bridgehead atoms. The molecule has 0 aromatic heterocycles. The monoisotopic (exact) mass is 263 g/mol. The average molecular weight is 263 g/mol. The zero-order chi connectivity index (χ0) is 14.3. The number of benzene rings is 1. The number of hydrogen-bond acceptors (Lipinski definition) is 4. The maximum Gasteiger partial charge on any atom is 0.407 e. The molecule has 1 aromatic carbocycles. The lowest BCUT2D eigenvalue weighted by Crippen LogP contribution is -2.39. The summed E-state index contributed by atoms with van der Waals surface area (Å²) in [5, 5.41) is 17.4. The minimum atomic E-state index is -1.23. The highest BCUT2D eigenvalue weighted by Gasteiger charge is 2.13. The Balaban J connectivity index is 2.45. The number of nitriles is 1. The molecule has 0 fully saturated rings. The van der Waals surface area contributed by atoms with Crippen molar-refractivity contribution in [2.75, 3.05) is 19.7 Å². The number of carbonyl (C=O) groups is 2. The van der Waals surface area contributed by atoms with Crippen LogP contribution in [-0.4, -0.2) is 41.7 Å². The summed E-state index contributed by atoms with van der Waals surface area (Å²) in [7, 11) is 0. The second kappa shape index (κ2) is 6.86. The number of ether oxygens (including phenoxy) is 1. The van der Waals surface area contributed by atoms with Crippen molar-refractivity contribution in [2.45, 2.75) is 0 Å². The Labute approximate surface area is 109 Å². The minimum Gasteiger partial charge on any atom is -0.492 e. The van der Waals surface area contributed by atoms with Gasteiger partial charge in [-0.25, -0.2) is 4.79 Å². The summed E-state index contributed by atoms with van der Waals surface area (Å²) in [4.78, 5) is 22.3. The zero-order valence-corrected chi connectivity index (χ0v) is 10.1. The zero-order valence-electron chi connectivity index (χ0n) is 10.1. The molecule has 0 spiro atoms. The van der Waals surface area contributed by atoms with Crippen LogP contribution in [0.2, 0.25) is 0 Å². The normalized spacial score (nSPS) is 9.42. The van der Waals surface area contributed by atoms with Gasteiger partial charge in [0.15, 0.2) is 0 Å². The first kappa shape index (κ1) is 14.3. The number of carbonyl (C=O) groups excluding carboxylic acids is 1. The van der Waals surface area contributed by atoms with E-state index in [1.165, 1.54) is 0 Å². The number of amides is 2. The van der Waals surface area contributed by atoms with E-state index in [9.17, 15) is 9.59 Å². The van der Waals surface area contributed by atoms with E-state index in [-0.39, 0.29) is 19.7 Å². The third kappa shape index (κ3) is 4.95. The second-order valence-corrected chi connectivity index (χ2v) is 3.66. The summed E-state index contributed by atoms with van der Waals surface area (Å²) in [5.74, 6) is -0.204. The number of rotatable bonds is 6. The molecular weight excluding hydrogens is 250 g/mol. The van der Waals surface area contributed by atoms with Crippen LogP contribution in [0.5, 0.6) is 5.75 Å². The summed E-state index contributed by atoms with van der Waals surface area (Å²) >= 11 is 0. The first-order valence-corrected chi connectivity index (χ1v) is 5.42. The van der Waals surface area contributed by atoms with Crippen molar-refractivity contribution in [1.29, 1.82) is 5.26 Å². The van der Waals surface area contributed by atoms with Gasteiger partial charge in [-0.2, -0.15) is 5.26 Å². The van der Waals surface area contributed by atoms with Gasteiger partial charge in [0.25, 0.3) is 0 Å². The van der Waals surface area contributed by atoms with E-state index >= 15 is 0 Å². The van der Waals surface area contributed by atoms with Crippen LogP contribution in [0.25, 0.3) is 0 Å². The maximum atomic E-state index is 10.8. The van der Waals surface area contributed by atoms with Crippen LogP contribution in [0, 0.1) is 11.3 Å². The Morgan fingerprint density at radius 3 is 2.47 bits per heavy atom. The molecule has 3 N–H and O–H groups in total. The Bertz CT molecular complexity index is 493. The van der Waals surface area contributed by atoms with Crippen molar-refractivity contribution in [3.8, 4) is 11.8 Å². The highest BCUT2D eigenvalue weighted by atomic mass is 16.5. The van der Waals surface area contributed by atoms with Crippen molar-refractivity contribution >= 4 is 12.0 Å². The molecule has 0 atom stereocenters. The van der Waals surface area contributed by atoms with Gasteiger partial charge in [0.05, 0.1) is 18.2 Å². The third-order valence-electron chi connectivity index (χ3n) is 2.23. The van der Waals surface area contributed by atoms with E-state index in [4.69, 9.17) is 20.8 Å². The Kier molecular flexibility index (Phi) is 5.17. The first-order valence-electron chi connectivity index (χ1n) is 5.42. The van der Waals surface area contributed by atoms with Gasteiger partial charge in [0.1, 0.15) is 18.9 Å². The van der Waals surface area contributed by atoms with Gasteiger partial charge >= 0.3 is 6.09 Å². The average Bonchev–Trinajstić information content (AvgIpc) is 2.37. The summed E-state index contributed by atoms with van der Waals surface area (Å²) in [6, 6.07) is 8.37. The fourth-order valence-corrected chi connectivity index (χ4v) is 1.33. The molecule has 7 heteroatoms. The smallest absolute Gasteiger partial charge is 0.407 e. The first-order chi connectivity index (χ1) is 9.02. The summed E-state index contributed by atoms with van der Waals surface area (Å²) in [5.41, 5.74) is 5.44. The molecule has 1 rings (SSSR count). The van der Waals surface area contributed by atoms with E-state index in [0.717, 1.165) is 4.90 Å². The quantitative estimate of drug-likeness (QED) is 0.770. The highest BCUT2D eigenvalue weighted by molar-refractivity contribution is 5.80. The van der Waals surface area contributed by atoms with Crippen molar-refractivity contribution in [3.63, 3.8) is 0 Å². The number of nitrogens with two attached hydrogens (primary N) is 1. The van der Waals surface area contributed by atoms with Crippen LogP contribution in [0.15, 0.2) is 24.3 Å². The number of nitrogens with zero attached hydrogens (tertiary/aromatic N) is 2. The molecule has 0 radical (unpaired) electrons. The predicted octanol–water partition coefficient (Wildman–Crippen LogP) is 0.402. The standard InChI is InChI=1S/C12H13N3O4/c13-7-9-1-3-10(4-2-9)19-6-5-15(12(17)18)8-11(14)16/h1-4H,5-6,8H2,(H2,14,16)(H,17,18). The van der Waals surface area contributed by atoms with Gasteiger partial charge in [0.2, 0.25) is 5.91 Å². The summed E-state index contributed by atoms with van der Waals surface area (Å²) in [6.45, 7) is -0.254. The van der Waals surface area contributed by atoms with Crippen LogP contribution in [0.1, 0.15) is 5.56 Å². The van der Waals surface area contributed by atoms with Gasteiger partial charge in [-0.05, 0) is 24.3 Å². The van der Waals surface area contributed by atoms with Gasteiger partial charge in [0, 0.05) is 0 Å². The van der Waals surface area contributed by atoms with Crippen LogP contribution >= 0.6 is 0 Å². The maximum absolute atomic E-state index is 10.8. The fourth-order valence-electron chi connectivity index (χ4n) is 1.33. The number of carboxylic acid groups (broad SMARTS) is 1. The largest absolute Gasteiger partial charge is 0.492 e. The molecule has 0 heterocycles. The number of hydrogen-bond donors (Lipinski definition) is 2. The molecular formula is C12H13N3O4. The third-order valence-corrected chi connectivity index (χ3v) is 2.23. The second-order valence-electron chi connectivity index (χ2n) is 3.66. The van der Waals surface area contributed by atoms with E-state index in [2.05, 4.69) is 0 Å². The van der Waals surface area contributed by atoms with Crippen LogP contribution in [0.3, 0.4) is 0 Å². The number of primary amides is 1. The van der Waals surface area contributed by atoms with E-state index < -0.39 is 12.0 Å². The van der Waals surface area contributed by atoms with Crippen molar-refractivity contribution in [2.24, 2.45) is 5.73 Å². The molecule has 100 valence electrons. The molecule has 0 saturated carbocycles. The van der Waals surface area contributed by atoms with E-state index in [1.807, 2.05) is 6.07 Å². The predicted molar refractivity (Wildman–Crippen MR) is 65.4 cm³/mol. The van der Waals surface area contributed by atoms with Crippen LogP contribution < -0.4 is 10.5 Å². The minimum absolute atomic E-state index is 0.0261. The molecule has 0 unspecified atom stereocenters. The topological polar surface area (TPSA) is 117 Å². The Morgan fingerprint density at radius 1 is 1.37 bits per heavy atom. The molecule has 0 aliphatic rings. The van der Waals surface area contributed by atoms with Gasteiger partial charge < -0.3 is 15.6 Å². The molecule has 19 heavy (non-hydrogen) atoms. The molecule has 1 aromatic rings. The fraction of sp³-hybridized carbons (Fsp3) is 0.250. The molecule has 0 aliphatic heterocycles. The molecule has 0 aliphatic carbocycles. The van der Waals surface area contributed by atoms with Crippen molar-refractivity contribution in [1.82, 2.24) is 4.90 Å². The Hall–Kier alpha value is -2.75. The van der Waals surface area contributed by atoms with Crippen LogP contribution in [0.4, 0.5) is 4.79 Å². The van der Waals surface area contributed by atoms with Gasteiger partial charge in [-0.15, -0.1) is 0 Å². The van der Waals surface area contributed by atoms with Crippen molar-refractivity contribution in [3.05, 3.63) is 29.8 Å². The SMILES string of the molecule is N#Cc1ccc(OCCN(CC(N)=O)C(=O)O)cc1. The van der Waals surface area contributed by atoms with Crippen LogP contribution in [-0.2, 0) is 4.79 Å². The summed E-state index contributed by atoms with van der Waals surface area (Å²) in [6.07, 6.45) is -1.23. The Morgan fingerprint density at radius 2 is 2.00 bits per heavy atom. The van der Waals surface area contributed by atoms with E-state index in [1.54, 1.807) is 24.3 Å². The molecule has 2 amide bonds. The highest BCUT2D eigenvalue weighted by Crippen LogP contribution is 2.11. The lowest BCUT2D eigenvalue weighted by molar-refractivity contribution is -0.118. The molecule has 0 saturated heterocycles. The lowest BCUT2D eigenvalue weighted by atomic mass is 10.2. The van der Waals surface area contributed by atoms with Gasteiger partial charge in [-0.3, -0.25) is 9.69 Å². The van der Waals surface area contributed by atoms with Gasteiger partial charge in [-0.1, -0.05) is 0 Å². The summed E-state index contributed by atoms with van der Waals surface area (Å²) < 4.78 is 5.30.